The number of nitrogens with zero attached hydrogens (tertiary/aromatic N) is 2. The number of hydrogen-bond donors (Lipinski definition) is 2. The zero-order valence-electron chi connectivity index (χ0n) is 12.3. The van der Waals surface area contributed by atoms with Crippen molar-refractivity contribution in [2.24, 2.45) is 5.92 Å². The second-order valence-electron chi connectivity index (χ2n) is 5.34. The maximum atomic E-state index is 12.2. The summed E-state index contributed by atoms with van der Waals surface area (Å²) in [5.74, 6) is 0.376. The van der Waals surface area contributed by atoms with E-state index in [-0.39, 0.29) is 16.3 Å². The molecule has 0 amide bonds. The third kappa shape index (κ3) is 2.78. The summed E-state index contributed by atoms with van der Waals surface area (Å²) in [6.45, 7) is 4.15. The van der Waals surface area contributed by atoms with Gasteiger partial charge in [0.05, 0.1) is 5.22 Å². The summed E-state index contributed by atoms with van der Waals surface area (Å²) in [7, 11) is 0. The van der Waals surface area contributed by atoms with Gasteiger partial charge in [0.25, 0.3) is 5.56 Å². The lowest BCUT2D eigenvalue weighted by Gasteiger charge is -1.99. The molecule has 6 heteroatoms. The molecule has 0 unspecified atom stereocenters. The van der Waals surface area contributed by atoms with Gasteiger partial charge in [0.1, 0.15) is 4.66 Å². The molecule has 0 fully saturated rings. The van der Waals surface area contributed by atoms with Crippen LogP contribution in [0.4, 0.5) is 0 Å². The number of nitrogens with one attached hydrogen (secondary N) is 2. The summed E-state index contributed by atoms with van der Waals surface area (Å²) >= 11 is 1.38. The normalized spacial score (nSPS) is 13.4. The highest BCUT2D eigenvalue weighted by atomic mass is 32.1. The zero-order chi connectivity index (χ0) is 15.7. The molecule has 2 heterocycles. The molecule has 1 aromatic carbocycles. The molecule has 2 aliphatic heterocycles. The van der Waals surface area contributed by atoms with Crippen LogP contribution < -0.4 is 20.9 Å². The first-order valence-corrected chi connectivity index (χ1v) is 7.81. The Balaban J connectivity index is 2.31. The minimum absolute atomic E-state index is 0.124. The zero-order valence-corrected chi connectivity index (χ0v) is 13.1. The van der Waals surface area contributed by atoms with Crippen molar-refractivity contribution in [2.45, 2.75) is 13.8 Å². The molecule has 22 heavy (non-hydrogen) atoms. The molecule has 5 nitrogen and oxygen atoms in total. The van der Waals surface area contributed by atoms with Crippen LogP contribution in [0.1, 0.15) is 19.4 Å². The highest BCUT2D eigenvalue weighted by molar-refractivity contribution is 7.11. The van der Waals surface area contributed by atoms with E-state index in [0.29, 0.717) is 11.0 Å². The van der Waals surface area contributed by atoms with Crippen LogP contribution in [-0.2, 0) is 0 Å². The number of hydrogen-bond acceptors (Lipinski definition) is 4. The monoisotopic (exact) mass is 312 g/mol. The Bertz CT molecular complexity index is 995. The minimum Gasteiger partial charge on any atom is -0.282 e. The van der Waals surface area contributed by atoms with Gasteiger partial charge >= 0.3 is 0 Å². The number of benzene rings is 1. The Labute approximate surface area is 130 Å². The molecule has 0 saturated heterocycles. The molecule has 0 atom stereocenters. The van der Waals surface area contributed by atoms with E-state index in [1.165, 1.54) is 11.3 Å². The Hall–Kier alpha value is -2.47. The first kappa shape index (κ1) is 14.5. The maximum absolute atomic E-state index is 12.2. The topological polar surface area (TPSA) is 74.5 Å². The molecule has 3 rings (SSSR count). The van der Waals surface area contributed by atoms with Crippen LogP contribution in [0, 0.1) is 11.3 Å². The molecule has 0 aromatic heterocycles. The fourth-order valence-electron chi connectivity index (χ4n) is 2.14. The van der Waals surface area contributed by atoms with E-state index in [9.17, 15) is 4.79 Å². The second kappa shape index (κ2) is 5.73. The maximum Gasteiger partial charge on any atom is 0.283 e. The van der Waals surface area contributed by atoms with Crippen molar-refractivity contribution >= 4 is 23.5 Å². The highest BCUT2D eigenvalue weighted by Crippen LogP contribution is 2.02. The van der Waals surface area contributed by atoms with Gasteiger partial charge in [0, 0.05) is 0 Å². The Morgan fingerprint density at radius 3 is 2.73 bits per heavy atom. The van der Waals surface area contributed by atoms with Crippen molar-refractivity contribution in [3.63, 3.8) is 0 Å². The SMILES string of the molecule is CC(C)C=c1[nH]n2c(=N)c(=Cc3ccccc3)c(=O)nc-2s1. The van der Waals surface area contributed by atoms with Crippen molar-refractivity contribution in [3.05, 3.63) is 61.6 Å². The lowest BCUT2D eigenvalue weighted by Crippen LogP contribution is -2.47. The smallest absolute Gasteiger partial charge is 0.282 e. The molecule has 0 bridgehead atoms. The van der Waals surface area contributed by atoms with Gasteiger partial charge in [-0.3, -0.25) is 15.3 Å². The number of aromatic amines is 1. The van der Waals surface area contributed by atoms with Crippen molar-refractivity contribution in [1.82, 2.24) is 14.8 Å². The fourth-order valence-corrected chi connectivity index (χ4v) is 3.17. The van der Waals surface area contributed by atoms with Crippen molar-refractivity contribution < 1.29 is 0 Å². The summed E-state index contributed by atoms with van der Waals surface area (Å²) in [6.07, 6.45) is 3.74. The summed E-state index contributed by atoms with van der Waals surface area (Å²) in [4.78, 5) is 16.3. The summed E-state index contributed by atoms with van der Waals surface area (Å²) in [6, 6.07) is 9.48. The number of fused-ring (bicyclic) bond motifs is 1. The molecule has 2 aliphatic rings. The highest BCUT2D eigenvalue weighted by Gasteiger charge is 2.10. The van der Waals surface area contributed by atoms with Crippen molar-refractivity contribution in [2.75, 3.05) is 0 Å². The van der Waals surface area contributed by atoms with Crippen LogP contribution in [0.15, 0.2) is 35.1 Å². The van der Waals surface area contributed by atoms with Crippen LogP contribution in [0.3, 0.4) is 0 Å². The van der Waals surface area contributed by atoms with E-state index >= 15 is 0 Å². The third-order valence-corrected chi connectivity index (χ3v) is 4.02. The lowest BCUT2D eigenvalue weighted by molar-refractivity contribution is 0.747. The molecule has 0 aliphatic carbocycles. The molecule has 0 saturated carbocycles. The van der Waals surface area contributed by atoms with Crippen molar-refractivity contribution in [1.29, 1.82) is 5.41 Å². The molecular weight excluding hydrogens is 296 g/mol. The van der Waals surface area contributed by atoms with E-state index in [0.717, 1.165) is 10.2 Å². The van der Waals surface area contributed by atoms with Crippen LogP contribution in [0.5, 0.6) is 0 Å². The Kier molecular flexibility index (Phi) is 3.77. The van der Waals surface area contributed by atoms with E-state index < -0.39 is 0 Å². The predicted molar refractivity (Wildman–Crippen MR) is 87.7 cm³/mol. The first-order chi connectivity index (χ1) is 10.5. The summed E-state index contributed by atoms with van der Waals surface area (Å²) in [5, 5.41) is 12.2. The van der Waals surface area contributed by atoms with Gasteiger partial charge in [0.15, 0.2) is 5.49 Å². The quantitative estimate of drug-likeness (QED) is 0.735. The van der Waals surface area contributed by atoms with Gasteiger partial charge in [-0.15, -0.1) is 0 Å². The van der Waals surface area contributed by atoms with E-state index in [2.05, 4.69) is 23.9 Å². The second-order valence-corrected chi connectivity index (χ2v) is 6.35. The van der Waals surface area contributed by atoms with Crippen LogP contribution in [0.25, 0.3) is 17.3 Å². The van der Waals surface area contributed by atoms with Gasteiger partial charge in [-0.25, -0.2) is 4.68 Å². The van der Waals surface area contributed by atoms with Gasteiger partial charge in [-0.1, -0.05) is 55.5 Å². The Morgan fingerprint density at radius 1 is 1.32 bits per heavy atom. The number of H-pyrrole nitrogens is 1. The third-order valence-electron chi connectivity index (χ3n) is 3.12. The van der Waals surface area contributed by atoms with Gasteiger partial charge in [-0.05, 0) is 23.6 Å². The molecule has 0 spiro atoms. The van der Waals surface area contributed by atoms with Crippen LogP contribution in [-0.4, -0.2) is 14.8 Å². The average molecular weight is 312 g/mol. The molecule has 112 valence electrons. The van der Waals surface area contributed by atoms with E-state index in [4.69, 9.17) is 5.41 Å². The first-order valence-electron chi connectivity index (χ1n) is 7.00. The van der Waals surface area contributed by atoms with E-state index in [1.807, 2.05) is 36.4 Å². The van der Waals surface area contributed by atoms with Crippen molar-refractivity contribution in [3.8, 4) is 5.13 Å². The number of aromatic nitrogens is 3. The molecule has 0 radical (unpaired) electrons. The molecular formula is C16H16N4OS. The fraction of sp³-hybridized carbons (Fsp3) is 0.188. The molecule has 1 aromatic rings. The minimum atomic E-state index is -0.375. The molecule has 2 N–H and O–H groups in total. The van der Waals surface area contributed by atoms with E-state index in [1.54, 1.807) is 10.8 Å². The largest absolute Gasteiger partial charge is 0.283 e. The average Bonchev–Trinajstić information content (AvgIpc) is 2.86. The van der Waals surface area contributed by atoms with Gasteiger partial charge in [0.2, 0.25) is 5.13 Å². The summed E-state index contributed by atoms with van der Waals surface area (Å²) < 4.78 is 2.45. The number of rotatable bonds is 2. The lowest BCUT2D eigenvalue weighted by atomic mass is 10.2. The summed E-state index contributed by atoms with van der Waals surface area (Å²) in [5.41, 5.74) is 0.623. The van der Waals surface area contributed by atoms with Gasteiger partial charge < -0.3 is 0 Å². The standard InChI is InChI=1S/C16H16N4OS/c1-10(2)8-13-19-20-14(17)12(15(21)18-16(20)22-13)9-11-6-4-3-5-7-11/h3-10,17,19H,1-2H3. The predicted octanol–water partition coefficient (Wildman–Crippen LogP) is 0.805. The van der Waals surface area contributed by atoms with Crippen LogP contribution >= 0.6 is 11.3 Å². The Morgan fingerprint density at radius 2 is 2.05 bits per heavy atom. The van der Waals surface area contributed by atoms with Gasteiger partial charge in [-0.2, -0.15) is 4.98 Å². The van der Waals surface area contributed by atoms with Crippen LogP contribution in [0.2, 0.25) is 0 Å².